The van der Waals surface area contributed by atoms with E-state index in [1.807, 2.05) is 0 Å². The summed E-state index contributed by atoms with van der Waals surface area (Å²) in [5, 5.41) is 2.56. The second-order valence-electron chi connectivity index (χ2n) is 5.41. The van der Waals surface area contributed by atoms with Gasteiger partial charge in [-0.05, 0) is 24.3 Å². The van der Waals surface area contributed by atoms with Crippen LogP contribution in [0.4, 0.5) is 0 Å². The Morgan fingerprint density at radius 1 is 0.962 bits per heavy atom. The molecule has 1 aromatic heterocycles. The summed E-state index contributed by atoms with van der Waals surface area (Å²) in [5.74, 6) is -2.23. The van der Waals surface area contributed by atoms with Gasteiger partial charge in [0.15, 0.2) is 12.0 Å². The smallest absolute Gasteiger partial charge is 0.355 e. The first kappa shape index (κ1) is 17.1. The SMILES string of the molecule is O=C(COC(=O)c1cc(=O)c2ccccc2[nH]1)NC(=O)c1ccccc1. The Morgan fingerprint density at radius 3 is 2.42 bits per heavy atom. The van der Waals surface area contributed by atoms with Gasteiger partial charge in [0.05, 0.1) is 0 Å². The molecule has 0 saturated heterocycles. The molecule has 0 bridgehead atoms. The summed E-state index contributed by atoms with van der Waals surface area (Å²) >= 11 is 0. The number of ether oxygens (including phenoxy) is 1. The van der Waals surface area contributed by atoms with Crippen LogP contribution in [0.1, 0.15) is 20.8 Å². The molecule has 0 aliphatic heterocycles. The van der Waals surface area contributed by atoms with E-state index in [0.29, 0.717) is 16.5 Å². The molecule has 0 aliphatic rings. The zero-order valence-corrected chi connectivity index (χ0v) is 13.5. The van der Waals surface area contributed by atoms with E-state index in [1.165, 1.54) is 0 Å². The van der Waals surface area contributed by atoms with Gasteiger partial charge in [-0.25, -0.2) is 4.79 Å². The van der Waals surface area contributed by atoms with Crippen molar-refractivity contribution in [3.63, 3.8) is 0 Å². The van der Waals surface area contributed by atoms with Crippen LogP contribution in [0.5, 0.6) is 0 Å². The highest BCUT2D eigenvalue weighted by Gasteiger charge is 2.15. The van der Waals surface area contributed by atoms with Crippen molar-refractivity contribution in [1.82, 2.24) is 10.3 Å². The van der Waals surface area contributed by atoms with Crippen LogP contribution in [-0.4, -0.2) is 29.4 Å². The van der Waals surface area contributed by atoms with Gasteiger partial charge in [-0.15, -0.1) is 0 Å². The van der Waals surface area contributed by atoms with Gasteiger partial charge in [-0.1, -0.05) is 30.3 Å². The Balaban J connectivity index is 1.63. The van der Waals surface area contributed by atoms with Crippen LogP contribution < -0.4 is 10.7 Å². The summed E-state index contributed by atoms with van der Waals surface area (Å²) in [6.07, 6.45) is 0. The first-order valence-electron chi connectivity index (χ1n) is 7.73. The number of esters is 1. The quantitative estimate of drug-likeness (QED) is 0.696. The van der Waals surface area contributed by atoms with Crippen LogP contribution in [0.15, 0.2) is 65.5 Å². The molecule has 2 aromatic carbocycles. The van der Waals surface area contributed by atoms with Gasteiger partial charge in [0, 0.05) is 22.5 Å². The first-order chi connectivity index (χ1) is 12.5. The molecular weight excluding hydrogens is 336 g/mol. The minimum Gasteiger partial charge on any atom is -0.451 e. The Bertz CT molecular complexity index is 1040. The number of pyridine rings is 1. The fraction of sp³-hybridized carbons (Fsp3) is 0.0526. The maximum Gasteiger partial charge on any atom is 0.355 e. The van der Waals surface area contributed by atoms with Crippen molar-refractivity contribution in [3.05, 3.63) is 82.1 Å². The summed E-state index contributed by atoms with van der Waals surface area (Å²) in [5.41, 5.74) is 0.382. The summed E-state index contributed by atoms with van der Waals surface area (Å²) in [6.45, 7) is -0.647. The second kappa shape index (κ2) is 7.43. The fourth-order valence-corrected chi connectivity index (χ4v) is 2.34. The minimum absolute atomic E-state index is 0.0733. The Morgan fingerprint density at radius 2 is 1.65 bits per heavy atom. The van der Waals surface area contributed by atoms with Crippen molar-refractivity contribution in [2.24, 2.45) is 0 Å². The monoisotopic (exact) mass is 350 g/mol. The lowest BCUT2D eigenvalue weighted by atomic mass is 10.2. The number of aromatic amines is 1. The van der Waals surface area contributed by atoms with E-state index in [0.717, 1.165) is 6.07 Å². The maximum absolute atomic E-state index is 12.0. The van der Waals surface area contributed by atoms with Gasteiger partial charge >= 0.3 is 5.97 Å². The van der Waals surface area contributed by atoms with Crippen molar-refractivity contribution in [1.29, 1.82) is 0 Å². The molecule has 0 unspecified atom stereocenters. The number of rotatable bonds is 4. The van der Waals surface area contributed by atoms with E-state index < -0.39 is 24.4 Å². The summed E-state index contributed by atoms with van der Waals surface area (Å²) in [4.78, 5) is 50.4. The van der Waals surface area contributed by atoms with Crippen LogP contribution in [0.25, 0.3) is 10.9 Å². The van der Waals surface area contributed by atoms with Crippen LogP contribution >= 0.6 is 0 Å². The highest BCUT2D eigenvalue weighted by atomic mass is 16.5. The average molecular weight is 350 g/mol. The number of carbonyl (C=O) groups excluding carboxylic acids is 3. The lowest BCUT2D eigenvalue weighted by molar-refractivity contribution is -0.123. The van der Waals surface area contributed by atoms with Gasteiger partial charge in [0.2, 0.25) is 0 Å². The molecule has 3 rings (SSSR count). The topological polar surface area (TPSA) is 105 Å². The van der Waals surface area contributed by atoms with Crippen molar-refractivity contribution < 1.29 is 19.1 Å². The predicted octanol–water partition coefficient (Wildman–Crippen LogP) is 1.64. The van der Waals surface area contributed by atoms with E-state index in [-0.39, 0.29) is 11.1 Å². The van der Waals surface area contributed by atoms with Crippen molar-refractivity contribution >= 4 is 28.7 Å². The third-order valence-electron chi connectivity index (χ3n) is 3.58. The van der Waals surface area contributed by atoms with Crippen LogP contribution in [0.3, 0.4) is 0 Å². The normalized spacial score (nSPS) is 10.3. The Kier molecular flexibility index (Phi) is 4.89. The molecular formula is C19H14N2O5. The lowest BCUT2D eigenvalue weighted by Gasteiger charge is -2.07. The van der Waals surface area contributed by atoms with Gasteiger partial charge in [0.25, 0.3) is 11.8 Å². The summed E-state index contributed by atoms with van der Waals surface area (Å²) in [6, 6.07) is 16.0. The van der Waals surface area contributed by atoms with Crippen LogP contribution in [0, 0.1) is 0 Å². The molecule has 26 heavy (non-hydrogen) atoms. The van der Waals surface area contributed by atoms with Crippen LogP contribution in [-0.2, 0) is 9.53 Å². The number of benzene rings is 2. The summed E-state index contributed by atoms with van der Waals surface area (Å²) < 4.78 is 4.86. The van der Waals surface area contributed by atoms with E-state index in [4.69, 9.17) is 4.74 Å². The number of nitrogens with one attached hydrogen (secondary N) is 2. The molecule has 130 valence electrons. The van der Waals surface area contributed by atoms with E-state index in [9.17, 15) is 19.2 Å². The van der Waals surface area contributed by atoms with Gasteiger partial charge < -0.3 is 9.72 Å². The zero-order chi connectivity index (χ0) is 18.5. The molecule has 0 atom stereocenters. The number of amides is 2. The third kappa shape index (κ3) is 3.84. The highest BCUT2D eigenvalue weighted by Crippen LogP contribution is 2.08. The molecule has 0 saturated carbocycles. The molecule has 0 aliphatic carbocycles. The molecule has 2 N–H and O–H groups in total. The fourth-order valence-electron chi connectivity index (χ4n) is 2.34. The van der Waals surface area contributed by atoms with Crippen LogP contribution in [0.2, 0.25) is 0 Å². The van der Waals surface area contributed by atoms with Gasteiger partial charge in [0.1, 0.15) is 5.69 Å². The van der Waals surface area contributed by atoms with E-state index in [2.05, 4.69) is 10.3 Å². The first-order valence-corrected chi connectivity index (χ1v) is 7.73. The largest absolute Gasteiger partial charge is 0.451 e. The third-order valence-corrected chi connectivity index (χ3v) is 3.58. The number of H-pyrrole nitrogens is 1. The van der Waals surface area contributed by atoms with Crippen molar-refractivity contribution in [3.8, 4) is 0 Å². The number of imide groups is 1. The summed E-state index contributed by atoms with van der Waals surface area (Å²) in [7, 11) is 0. The predicted molar refractivity (Wildman–Crippen MR) is 93.8 cm³/mol. The van der Waals surface area contributed by atoms with E-state index >= 15 is 0 Å². The molecule has 7 nitrogen and oxygen atoms in total. The number of hydrogen-bond acceptors (Lipinski definition) is 5. The average Bonchev–Trinajstić information content (AvgIpc) is 2.66. The Hall–Kier alpha value is -3.74. The molecule has 2 amide bonds. The molecule has 1 heterocycles. The van der Waals surface area contributed by atoms with Crippen molar-refractivity contribution in [2.45, 2.75) is 0 Å². The maximum atomic E-state index is 12.0. The lowest BCUT2D eigenvalue weighted by Crippen LogP contribution is -2.34. The molecule has 0 spiro atoms. The number of fused-ring (bicyclic) bond motifs is 1. The standard InChI is InChI=1S/C19H14N2O5/c22-16-10-15(20-14-9-5-4-8-13(14)16)19(25)26-11-17(23)21-18(24)12-6-2-1-3-7-12/h1-10H,11H2,(H,20,22)(H,21,23,24). The second-order valence-corrected chi connectivity index (χ2v) is 5.41. The zero-order valence-electron chi connectivity index (χ0n) is 13.5. The molecule has 7 heteroatoms. The highest BCUT2D eigenvalue weighted by molar-refractivity contribution is 6.05. The molecule has 0 radical (unpaired) electrons. The number of carbonyl (C=O) groups is 3. The molecule has 3 aromatic rings. The van der Waals surface area contributed by atoms with Gasteiger partial charge in [-0.2, -0.15) is 0 Å². The molecule has 0 fully saturated rings. The van der Waals surface area contributed by atoms with Gasteiger partial charge in [-0.3, -0.25) is 19.7 Å². The number of aromatic nitrogens is 1. The Labute approximate surface area is 147 Å². The number of hydrogen-bond donors (Lipinski definition) is 2. The van der Waals surface area contributed by atoms with E-state index in [1.54, 1.807) is 54.6 Å². The number of para-hydroxylation sites is 1. The minimum atomic E-state index is -0.866. The van der Waals surface area contributed by atoms with Crippen molar-refractivity contribution in [2.75, 3.05) is 6.61 Å².